The minimum absolute atomic E-state index is 0.115. The number of nitrogens with zero attached hydrogens (tertiary/aromatic N) is 5. The highest BCUT2D eigenvalue weighted by Gasteiger charge is 2.18. The van der Waals surface area contributed by atoms with Crippen LogP contribution in [-0.4, -0.2) is 37.1 Å². The van der Waals surface area contributed by atoms with E-state index < -0.39 is 5.69 Å². The topological polar surface area (TPSA) is 73.0 Å². The Morgan fingerprint density at radius 2 is 1.96 bits per heavy atom. The zero-order chi connectivity index (χ0) is 18.5. The summed E-state index contributed by atoms with van der Waals surface area (Å²) in [7, 11) is 0. The molecule has 136 valence electrons. The minimum atomic E-state index is -0.410. The van der Waals surface area contributed by atoms with Crippen LogP contribution in [0.2, 0.25) is 0 Å². The first kappa shape index (κ1) is 18.1. The molecule has 0 spiro atoms. The van der Waals surface area contributed by atoms with Crippen LogP contribution in [0.3, 0.4) is 0 Å². The molecule has 26 heavy (non-hydrogen) atoms. The summed E-state index contributed by atoms with van der Waals surface area (Å²) >= 11 is 1.39. The molecule has 2 heterocycles. The maximum Gasteiger partial charge on any atom is 0.369 e. The van der Waals surface area contributed by atoms with E-state index in [1.165, 1.54) is 21.6 Å². The van der Waals surface area contributed by atoms with E-state index in [1.54, 1.807) is 11.0 Å². The lowest BCUT2D eigenvalue weighted by Gasteiger charge is -2.22. The molecule has 0 unspecified atom stereocenters. The van der Waals surface area contributed by atoms with Crippen molar-refractivity contribution < 1.29 is 4.79 Å². The number of amides is 1. The smallest absolute Gasteiger partial charge is 0.337 e. The number of rotatable bonds is 7. The van der Waals surface area contributed by atoms with Crippen LogP contribution in [0.1, 0.15) is 24.5 Å². The highest BCUT2D eigenvalue weighted by Crippen LogP contribution is 2.11. The molecule has 0 aliphatic heterocycles. The zero-order valence-corrected chi connectivity index (χ0v) is 15.6. The molecule has 0 saturated carbocycles. The van der Waals surface area contributed by atoms with Gasteiger partial charge in [-0.05, 0) is 46.8 Å². The van der Waals surface area contributed by atoms with Gasteiger partial charge in [-0.15, -0.1) is 11.3 Å². The molecule has 0 bridgehead atoms. The number of carbonyl (C=O) groups is 1. The van der Waals surface area contributed by atoms with E-state index >= 15 is 0 Å². The molecule has 0 atom stereocenters. The summed E-state index contributed by atoms with van der Waals surface area (Å²) in [6, 6.07) is 11.7. The monoisotopic (exact) mass is 371 g/mol. The van der Waals surface area contributed by atoms with Crippen molar-refractivity contribution in [2.75, 3.05) is 6.54 Å². The van der Waals surface area contributed by atoms with Crippen molar-refractivity contribution in [1.29, 1.82) is 0 Å². The second kappa shape index (κ2) is 8.09. The molecular formula is C18H21N5O2S. The number of hydrogen-bond acceptors (Lipinski definition) is 5. The molecule has 2 aromatic heterocycles. The Kier molecular flexibility index (Phi) is 5.62. The molecule has 3 aromatic rings. The summed E-state index contributed by atoms with van der Waals surface area (Å²) in [6.07, 6.45) is 0.842. The maximum atomic E-state index is 12.7. The number of aryl methyl sites for hydroxylation is 1. The minimum Gasteiger partial charge on any atom is -0.337 e. The average Bonchev–Trinajstić information content (AvgIpc) is 3.27. The second-order valence-corrected chi connectivity index (χ2v) is 7.01. The summed E-state index contributed by atoms with van der Waals surface area (Å²) in [5.41, 5.74) is 1.83. The molecule has 0 saturated heterocycles. The van der Waals surface area contributed by atoms with E-state index in [2.05, 4.69) is 10.4 Å². The fourth-order valence-electron chi connectivity index (χ4n) is 2.61. The van der Waals surface area contributed by atoms with E-state index in [9.17, 15) is 9.59 Å². The van der Waals surface area contributed by atoms with Crippen molar-refractivity contribution in [3.63, 3.8) is 0 Å². The average molecular weight is 371 g/mol. The number of benzene rings is 1. The summed E-state index contributed by atoms with van der Waals surface area (Å²) < 4.78 is 2.32. The molecule has 8 heteroatoms. The Bertz CT molecular complexity index is 912. The van der Waals surface area contributed by atoms with E-state index in [1.807, 2.05) is 49.6 Å². The van der Waals surface area contributed by atoms with Crippen molar-refractivity contribution in [3.8, 4) is 5.00 Å². The molecule has 1 amide bonds. The van der Waals surface area contributed by atoms with E-state index in [-0.39, 0.29) is 12.5 Å². The van der Waals surface area contributed by atoms with Gasteiger partial charge in [-0.1, -0.05) is 36.8 Å². The van der Waals surface area contributed by atoms with Crippen LogP contribution in [0.5, 0.6) is 0 Å². The van der Waals surface area contributed by atoms with Crippen molar-refractivity contribution in [2.24, 2.45) is 0 Å². The van der Waals surface area contributed by atoms with Gasteiger partial charge in [0.05, 0.1) is 0 Å². The Morgan fingerprint density at radius 1 is 1.19 bits per heavy atom. The van der Waals surface area contributed by atoms with Crippen molar-refractivity contribution in [3.05, 3.63) is 63.4 Å². The highest BCUT2D eigenvalue weighted by molar-refractivity contribution is 7.12. The molecule has 0 N–H and O–H groups in total. The zero-order valence-electron chi connectivity index (χ0n) is 14.8. The fourth-order valence-corrected chi connectivity index (χ4v) is 3.27. The van der Waals surface area contributed by atoms with Gasteiger partial charge < -0.3 is 4.90 Å². The number of carbonyl (C=O) groups excluding carboxylic acids is 1. The van der Waals surface area contributed by atoms with Crippen LogP contribution in [-0.2, 0) is 17.9 Å². The molecule has 0 aliphatic carbocycles. The maximum absolute atomic E-state index is 12.7. The summed E-state index contributed by atoms with van der Waals surface area (Å²) in [5.74, 6) is -0.146. The lowest BCUT2D eigenvalue weighted by molar-refractivity contribution is -0.132. The van der Waals surface area contributed by atoms with Gasteiger partial charge in [0.1, 0.15) is 11.5 Å². The number of thiophene rings is 1. The first-order valence-corrected chi connectivity index (χ1v) is 9.36. The van der Waals surface area contributed by atoms with Gasteiger partial charge in [0.25, 0.3) is 0 Å². The molecule has 3 rings (SSSR count). The van der Waals surface area contributed by atoms with Crippen molar-refractivity contribution in [1.82, 2.24) is 24.7 Å². The van der Waals surface area contributed by atoms with Gasteiger partial charge in [-0.2, -0.15) is 9.36 Å². The number of aromatic nitrogens is 4. The second-order valence-electron chi connectivity index (χ2n) is 6.08. The van der Waals surface area contributed by atoms with Crippen LogP contribution in [0.15, 0.2) is 46.6 Å². The molecule has 0 radical (unpaired) electrons. The predicted octanol–water partition coefficient (Wildman–Crippen LogP) is 2.24. The Morgan fingerprint density at radius 3 is 2.62 bits per heavy atom. The van der Waals surface area contributed by atoms with Crippen LogP contribution >= 0.6 is 11.3 Å². The van der Waals surface area contributed by atoms with Gasteiger partial charge in [0, 0.05) is 13.1 Å². The third-order valence-electron chi connectivity index (χ3n) is 3.98. The van der Waals surface area contributed by atoms with Crippen LogP contribution in [0.4, 0.5) is 0 Å². The van der Waals surface area contributed by atoms with Gasteiger partial charge in [-0.25, -0.2) is 4.79 Å². The summed E-state index contributed by atoms with van der Waals surface area (Å²) in [4.78, 5) is 26.9. The van der Waals surface area contributed by atoms with Crippen LogP contribution in [0, 0.1) is 6.92 Å². The lowest BCUT2D eigenvalue weighted by atomic mass is 10.1. The third kappa shape index (κ3) is 4.08. The van der Waals surface area contributed by atoms with Gasteiger partial charge in [0.15, 0.2) is 0 Å². The van der Waals surface area contributed by atoms with Gasteiger partial charge in [0.2, 0.25) is 5.91 Å². The molecule has 0 aliphatic rings. The SMILES string of the molecule is CCCN(Cc1ccc(C)cc1)C(=O)Cn1nnn(-c2cccs2)c1=O. The van der Waals surface area contributed by atoms with E-state index in [0.29, 0.717) is 18.1 Å². The molecule has 7 nitrogen and oxygen atoms in total. The summed E-state index contributed by atoms with van der Waals surface area (Å²) in [5, 5.41) is 10.3. The van der Waals surface area contributed by atoms with E-state index in [0.717, 1.165) is 16.7 Å². The number of tetrazole rings is 1. The quantitative estimate of drug-likeness (QED) is 0.638. The van der Waals surface area contributed by atoms with E-state index in [4.69, 9.17) is 0 Å². The Balaban J connectivity index is 1.74. The molecule has 0 fully saturated rings. The highest BCUT2D eigenvalue weighted by atomic mass is 32.1. The molecular weight excluding hydrogens is 350 g/mol. The third-order valence-corrected chi connectivity index (χ3v) is 4.82. The Hall–Kier alpha value is -2.74. The lowest BCUT2D eigenvalue weighted by Crippen LogP contribution is -2.37. The largest absolute Gasteiger partial charge is 0.369 e. The molecule has 1 aromatic carbocycles. The first-order valence-electron chi connectivity index (χ1n) is 8.48. The predicted molar refractivity (Wildman–Crippen MR) is 100 cm³/mol. The van der Waals surface area contributed by atoms with Crippen LogP contribution in [0.25, 0.3) is 5.00 Å². The van der Waals surface area contributed by atoms with Crippen molar-refractivity contribution >= 4 is 17.2 Å². The van der Waals surface area contributed by atoms with Gasteiger partial charge in [-0.3, -0.25) is 4.79 Å². The van der Waals surface area contributed by atoms with Crippen LogP contribution < -0.4 is 5.69 Å². The fraction of sp³-hybridized carbons (Fsp3) is 0.333. The normalized spacial score (nSPS) is 10.8. The number of hydrogen-bond donors (Lipinski definition) is 0. The van der Waals surface area contributed by atoms with Crippen molar-refractivity contribution in [2.45, 2.75) is 33.4 Å². The summed E-state index contributed by atoms with van der Waals surface area (Å²) in [6.45, 7) is 5.08. The standard InChI is InChI=1S/C18H21N5O2S/c1-3-10-21(12-15-8-6-14(2)7-9-15)16(24)13-22-18(25)23(20-19-22)17-5-4-11-26-17/h4-9,11H,3,10,12-13H2,1-2H3. The first-order chi connectivity index (χ1) is 12.6. The Labute approximate surface area is 155 Å². The van der Waals surface area contributed by atoms with Gasteiger partial charge >= 0.3 is 5.69 Å².